The summed E-state index contributed by atoms with van der Waals surface area (Å²) in [5.74, 6) is -0.778. The van der Waals surface area contributed by atoms with Crippen molar-refractivity contribution in [1.82, 2.24) is 4.31 Å². The third-order valence-electron chi connectivity index (χ3n) is 3.59. The third-order valence-corrected chi connectivity index (χ3v) is 5.64. The minimum Gasteiger partial charge on any atom is -0.506 e. The lowest BCUT2D eigenvalue weighted by atomic mass is 10.0. The van der Waals surface area contributed by atoms with Crippen LogP contribution in [0.5, 0.6) is 5.75 Å². The molecule has 0 saturated carbocycles. The van der Waals surface area contributed by atoms with E-state index in [1.807, 2.05) is 0 Å². The number of sulfonamides is 1. The van der Waals surface area contributed by atoms with Crippen LogP contribution < -0.4 is 11.1 Å². The van der Waals surface area contributed by atoms with Crippen LogP contribution in [-0.2, 0) is 14.8 Å². The van der Waals surface area contributed by atoms with Gasteiger partial charge in [-0.05, 0) is 24.1 Å². The first-order valence-electron chi connectivity index (χ1n) is 7.54. The molecule has 1 aromatic carbocycles. The number of nitrogens with one attached hydrogen (secondary N) is 1. The molecule has 1 aromatic rings. The highest BCUT2D eigenvalue weighted by Crippen LogP contribution is 2.28. The summed E-state index contributed by atoms with van der Waals surface area (Å²) in [6, 6.07) is 3.04. The van der Waals surface area contributed by atoms with Gasteiger partial charge in [0.15, 0.2) is 0 Å². The highest BCUT2D eigenvalue weighted by molar-refractivity contribution is 7.89. The Balaban J connectivity index is 3.16. The van der Waals surface area contributed by atoms with Gasteiger partial charge in [0.2, 0.25) is 15.9 Å². The summed E-state index contributed by atoms with van der Waals surface area (Å²) >= 11 is 0. The Morgan fingerprint density at radius 1 is 1.30 bits per heavy atom. The van der Waals surface area contributed by atoms with Crippen molar-refractivity contribution in [1.29, 1.82) is 0 Å². The number of aromatic hydroxyl groups is 1. The smallest absolute Gasteiger partial charge is 0.243 e. The highest BCUT2D eigenvalue weighted by Gasteiger charge is 2.24. The maximum atomic E-state index is 12.5. The summed E-state index contributed by atoms with van der Waals surface area (Å²) in [6.07, 6.45) is 0. The lowest BCUT2D eigenvalue weighted by molar-refractivity contribution is -0.118. The molecule has 0 saturated heterocycles. The molecule has 1 rings (SSSR count). The van der Waals surface area contributed by atoms with Gasteiger partial charge in [-0.25, -0.2) is 8.42 Å². The summed E-state index contributed by atoms with van der Waals surface area (Å²) < 4.78 is 26.3. The van der Waals surface area contributed by atoms with E-state index in [2.05, 4.69) is 5.32 Å². The fraction of sp³-hybridized carbons (Fsp3) is 0.533. The molecule has 4 N–H and O–H groups in total. The van der Waals surface area contributed by atoms with Crippen molar-refractivity contribution in [2.75, 3.05) is 18.4 Å². The van der Waals surface area contributed by atoms with Gasteiger partial charge in [0.1, 0.15) is 5.75 Å². The van der Waals surface area contributed by atoms with E-state index < -0.39 is 22.0 Å². The van der Waals surface area contributed by atoms with E-state index in [0.717, 1.165) is 0 Å². The first-order valence-corrected chi connectivity index (χ1v) is 8.98. The molecule has 130 valence electrons. The van der Waals surface area contributed by atoms with Crippen LogP contribution in [0.3, 0.4) is 0 Å². The molecule has 7 nitrogen and oxygen atoms in total. The van der Waals surface area contributed by atoms with Gasteiger partial charge in [-0.1, -0.05) is 27.7 Å². The monoisotopic (exact) mass is 343 g/mol. The number of hydrogen-bond donors (Lipinski definition) is 3. The van der Waals surface area contributed by atoms with Gasteiger partial charge >= 0.3 is 0 Å². The summed E-state index contributed by atoms with van der Waals surface area (Å²) in [5, 5.41) is 12.3. The minimum absolute atomic E-state index is 0.00687. The van der Waals surface area contributed by atoms with Crippen LogP contribution in [0.1, 0.15) is 27.7 Å². The minimum atomic E-state index is -3.67. The summed E-state index contributed by atoms with van der Waals surface area (Å²) in [5.41, 5.74) is 5.78. The molecule has 0 radical (unpaired) electrons. The quantitative estimate of drug-likeness (QED) is 0.647. The van der Waals surface area contributed by atoms with Gasteiger partial charge in [-0.3, -0.25) is 4.79 Å². The molecule has 0 aliphatic carbocycles. The molecule has 1 atom stereocenters. The van der Waals surface area contributed by atoms with Crippen molar-refractivity contribution >= 4 is 21.6 Å². The standard InChI is InChI=1S/C15H25N3O4S/c1-5-18(6-2)23(21,22)11-7-8-13(19)12(9-11)17-15(20)14(16)10(3)4/h7-10,14,19H,5-6,16H2,1-4H3,(H,17,20)/t14-/m0/s1. The molecule has 0 spiro atoms. The fourth-order valence-corrected chi connectivity index (χ4v) is 3.49. The van der Waals surface area contributed by atoms with Crippen molar-refractivity contribution in [2.24, 2.45) is 11.7 Å². The number of nitrogens with two attached hydrogens (primary N) is 1. The maximum absolute atomic E-state index is 12.5. The van der Waals surface area contributed by atoms with Gasteiger partial charge in [0, 0.05) is 13.1 Å². The van der Waals surface area contributed by atoms with Crippen LogP contribution in [0.15, 0.2) is 23.1 Å². The molecule has 0 fully saturated rings. The van der Waals surface area contributed by atoms with E-state index in [0.29, 0.717) is 13.1 Å². The molecule has 0 heterocycles. The second kappa shape index (κ2) is 7.76. The van der Waals surface area contributed by atoms with Crippen LogP contribution in [0.2, 0.25) is 0 Å². The molecule has 0 unspecified atom stereocenters. The van der Waals surface area contributed by atoms with Crippen LogP contribution in [-0.4, -0.2) is 42.9 Å². The third kappa shape index (κ3) is 4.43. The second-order valence-electron chi connectivity index (χ2n) is 5.53. The number of phenolic OH excluding ortho intramolecular Hbond substituents is 1. The average molecular weight is 343 g/mol. The number of amides is 1. The number of rotatable bonds is 7. The highest BCUT2D eigenvalue weighted by atomic mass is 32.2. The molecule has 23 heavy (non-hydrogen) atoms. The summed E-state index contributed by atoms with van der Waals surface area (Å²) in [4.78, 5) is 12.0. The van der Waals surface area contributed by atoms with E-state index in [4.69, 9.17) is 5.73 Å². The number of carbonyl (C=O) groups excluding carboxylic acids is 1. The van der Waals surface area contributed by atoms with E-state index >= 15 is 0 Å². The number of nitrogens with zero attached hydrogens (tertiary/aromatic N) is 1. The lowest BCUT2D eigenvalue weighted by Gasteiger charge is -2.20. The molecular formula is C15H25N3O4S. The van der Waals surface area contributed by atoms with Crippen LogP contribution in [0.4, 0.5) is 5.69 Å². The predicted molar refractivity (Wildman–Crippen MR) is 89.7 cm³/mol. The summed E-state index contributed by atoms with van der Waals surface area (Å²) in [7, 11) is -3.67. The van der Waals surface area contributed by atoms with Crippen LogP contribution in [0.25, 0.3) is 0 Å². The zero-order valence-electron chi connectivity index (χ0n) is 13.9. The van der Waals surface area contributed by atoms with E-state index in [1.54, 1.807) is 27.7 Å². The van der Waals surface area contributed by atoms with E-state index in [9.17, 15) is 18.3 Å². The second-order valence-corrected chi connectivity index (χ2v) is 7.47. The first-order chi connectivity index (χ1) is 10.6. The average Bonchev–Trinajstić information content (AvgIpc) is 2.49. The molecule has 1 amide bonds. The van der Waals surface area contributed by atoms with Gasteiger partial charge in [0.05, 0.1) is 16.6 Å². The number of anilines is 1. The molecule has 8 heteroatoms. The van der Waals surface area contributed by atoms with Gasteiger partial charge in [-0.2, -0.15) is 4.31 Å². The topological polar surface area (TPSA) is 113 Å². The fourth-order valence-electron chi connectivity index (χ4n) is 2.01. The molecule has 0 aliphatic heterocycles. The Kier molecular flexibility index (Phi) is 6.55. The number of hydrogen-bond acceptors (Lipinski definition) is 5. The molecule has 0 aliphatic rings. The summed E-state index contributed by atoms with van der Waals surface area (Å²) in [6.45, 7) is 7.74. The normalized spacial score (nSPS) is 13.3. The van der Waals surface area contributed by atoms with Crippen LogP contribution >= 0.6 is 0 Å². The zero-order chi connectivity index (χ0) is 17.8. The van der Waals surface area contributed by atoms with Crippen LogP contribution in [0, 0.1) is 5.92 Å². The maximum Gasteiger partial charge on any atom is 0.243 e. The largest absolute Gasteiger partial charge is 0.506 e. The van der Waals surface area contributed by atoms with Crippen molar-refractivity contribution in [3.05, 3.63) is 18.2 Å². The zero-order valence-corrected chi connectivity index (χ0v) is 14.7. The van der Waals surface area contributed by atoms with Gasteiger partial charge in [0.25, 0.3) is 0 Å². The Morgan fingerprint density at radius 3 is 2.35 bits per heavy atom. The van der Waals surface area contributed by atoms with E-state index in [1.165, 1.54) is 22.5 Å². The van der Waals surface area contributed by atoms with Crippen molar-refractivity contribution < 1.29 is 18.3 Å². The van der Waals surface area contributed by atoms with E-state index in [-0.39, 0.29) is 22.3 Å². The molecule has 0 bridgehead atoms. The van der Waals surface area contributed by atoms with Crippen molar-refractivity contribution in [3.8, 4) is 5.75 Å². The molecule has 0 aromatic heterocycles. The molecular weight excluding hydrogens is 318 g/mol. The van der Waals surface area contributed by atoms with Gasteiger partial charge < -0.3 is 16.2 Å². The Hall–Kier alpha value is -1.64. The van der Waals surface area contributed by atoms with Crippen molar-refractivity contribution in [2.45, 2.75) is 38.6 Å². The Labute approximate surface area is 137 Å². The number of benzene rings is 1. The van der Waals surface area contributed by atoms with Gasteiger partial charge in [-0.15, -0.1) is 0 Å². The SMILES string of the molecule is CCN(CC)S(=O)(=O)c1ccc(O)c(NC(=O)[C@@H](N)C(C)C)c1. The predicted octanol–water partition coefficient (Wildman–Crippen LogP) is 1.34. The van der Waals surface area contributed by atoms with Crippen molar-refractivity contribution in [3.63, 3.8) is 0 Å². The number of phenols is 1. The Bertz CT molecular complexity index is 655. The number of carbonyl (C=O) groups is 1. The lowest BCUT2D eigenvalue weighted by Crippen LogP contribution is -2.39. The Morgan fingerprint density at radius 2 is 1.87 bits per heavy atom. The first kappa shape index (κ1) is 19.4.